The molecule has 14 heavy (non-hydrogen) atoms. The van der Waals surface area contributed by atoms with E-state index in [0.717, 1.165) is 0 Å². The van der Waals surface area contributed by atoms with Crippen LogP contribution in [0.25, 0.3) is 0 Å². The molecular formula is C9H6Cl4O. The molecule has 0 aliphatic rings. The molecule has 0 unspecified atom stereocenters. The Hall–Kier alpha value is 0.0500. The number of hydrogen-bond donors (Lipinski definition) is 0. The smallest absolute Gasteiger partial charge is 0.253 e. The van der Waals surface area contributed by atoms with Crippen molar-refractivity contribution in [3.05, 3.63) is 34.3 Å². The molecule has 0 radical (unpaired) electrons. The van der Waals surface area contributed by atoms with Crippen molar-refractivity contribution in [3.63, 3.8) is 0 Å². The lowest BCUT2D eigenvalue weighted by Gasteiger charge is -2.12. The molecule has 5 heteroatoms. The van der Waals surface area contributed by atoms with Gasteiger partial charge in [0.25, 0.3) is 3.79 Å². The molecule has 1 nitrogen and oxygen atoms in total. The standard InChI is InChI=1S/C9H6Cl4O/c1-5-3-2-4-6(10)7(5)8(14)9(11,12)13/h2-4H,1H3. The molecule has 0 bridgehead atoms. The van der Waals surface area contributed by atoms with Crippen LogP contribution in [-0.2, 0) is 0 Å². The van der Waals surface area contributed by atoms with E-state index in [-0.39, 0.29) is 5.56 Å². The molecule has 0 aromatic heterocycles. The second kappa shape index (κ2) is 4.28. The van der Waals surface area contributed by atoms with Crippen molar-refractivity contribution in [2.45, 2.75) is 10.7 Å². The number of alkyl halides is 3. The second-order valence-electron chi connectivity index (χ2n) is 2.76. The molecule has 0 aliphatic heterocycles. The highest BCUT2D eigenvalue weighted by molar-refractivity contribution is 6.77. The summed E-state index contributed by atoms with van der Waals surface area (Å²) >= 11 is 22.3. The van der Waals surface area contributed by atoms with Crippen molar-refractivity contribution in [2.24, 2.45) is 0 Å². The van der Waals surface area contributed by atoms with Gasteiger partial charge in [-0.3, -0.25) is 4.79 Å². The van der Waals surface area contributed by atoms with Crippen LogP contribution in [0.1, 0.15) is 15.9 Å². The van der Waals surface area contributed by atoms with E-state index in [2.05, 4.69) is 0 Å². The Morgan fingerprint density at radius 1 is 1.29 bits per heavy atom. The van der Waals surface area contributed by atoms with Gasteiger partial charge in [0.15, 0.2) is 0 Å². The van der Waals surface area contributed by atoms with E-state index in [4.69, 9.17) is 46.4 Å². The summed E-state index contributed by atoms with van der Waals surface area (Å²) in [6.45, 7) is 1.73. The van der Waals surface area contributed by atoms with Crippen LogP contribution in [0.5, 0.6) is 0 Å². The zero-order chi connectivity index (χ0) is 10.9. The van der Waals surface area contributed by atoms with Gasteiger partial charge in [0.1, 0.15) is 0 Å². The monoisotopic (exact) mass is 270 g/mol. The average molecular weight is 272 g/mol. The van der Waals surface area contributed by atoms with E-state index in [0.29, 0.717) is 10.6 Å². The number of hydrogen-bond acceptors (Lipinski definition) is 1. The van der Waals surface area contributed by atoms with Gasteiger partial charge in [0.2, 0.25) is 5.78 Å². The van der Waals surface area contributed by atoms with Crippen molar-refractivity contribution in [1.82, 2.24) is 0 Å². The van der Waals surface area contributed by atoms with Crippen LogP contribution in [-0.4, -0.2) is 9.58 Å². The summed E-state index contributed by atoms with van der Waals surface area (Å²) < 4.78 is -1.96. The Bertz CT molecular complexity index is 347. The van der Waals surface area contributed by atoms with Crippen LogP contribution in [0.15, 0.2) is 18.2 Å². The fourth-order valence-electron chi connectivity index (χ4n) is 1.06. The molecular weight excluding hydrogens is 266 g/mol. The molecule has 76 valence electrons. The van der Waals surface area contributed by atoms with Crippen LogP contribution in [0.3, 0.4) is 0 Å². The Balaban J connectivity index is 3.26. The fraction of sp³-hybridized carbons (Fsp3) is 0.222. The highest BCUT2D eigenvalue weighted by Gasteiger charge is 2.33. The maximum atomic E-state index is 11.6. The lowest BCUT2D eigenvalue weighted by atomic mass is 10.1. The summed E-state index contributed by atoms with van der Waals surface area (Å²) in [5, 5.41) is 0.293. The molecule has 1 rings (SSSR count). The minimum atomic E-state index is -1.96. The van der Waals surface area contributed by atoms with E-state index < -0.39 is 9.58 Å². The third kappa shape index (κ3) is 2.54. The van der Waals surface area contributed by atoms with E-state index in [9.17, 15) is 4.79 Å². The number of ketones is 1. The lowest BCUT2D eigenvalue weighted by Crippen LogP contribution is -2.20. The number of benzene rings is 1. The van der Waals surface area contributed by atoms with E-state index in [1.165, 1.54) is 0 Å². The van der Waals surface area contributed by atoms with Crippen molar-refractivity contribution in [3.8, 4) is 0 Å². The van der Waals surface area contributed by atoms with Crippen molar-refractivity contribution in [1.29, 1.82) is 0 Å². The number of carbonyl (C=O) groups is 1. The maximum absolute atomic E-state index is 11.6. The van der Waals surface area contributed by atoms with Gasteiger partial charge >= 0.3 is 0 Å². The second-order valence-corrected chi connectivity index (χ2v) is 5.45. The zero-order valence-corrected chi connectivity index (χ0v) is 10.2. The Morgan fingerprint density at radius 3 is 2.29 bits per heavy atom. The van der Waals surface area contributed by atoms with Crippen LogP contribution in [0.4, 0.5) is 0 Å². The SMILES string of the molecule is Cc1cccc(Cl)c1C(=O)C(Cl)(Cl)Cl. The number of Topliss-reactive ketones (excluding diaryl/α,β-unsaturated/α-hetero) is 1. The molecule has 0 amide bonds. The Kier molecular flexibility index (Phi) is 3.70. The van der Waals surface area contributed by atoms with Crippen LogP contribution >= 0.6 is 46.4 Å². The van der Waals surface area contributed by atoms with E-state index >= 15 is 0 Å². The summed E-state index contributed by atoms with van der Waals surface area (Å²) in [5.74, 6) is -0.606. The van der Waals surface area contributed by atoms with Crippen LogP contribution in [0, 0.1) is 6.92 Å². The van der Waals surface area contributed by atoms with Gasteiger partial charge in [-0.15, -0.1) is 0 Å². The number of carbonyl (C=O) groups excluding carboxylic acids is 1. The predicted molar refractivity (Wildman–Crippen MR) is 60.8 cm³/mol. The van der Waals surface area contributed by atoms with E-state index in [1.54, 1.807) is 25.1 Å². The molecule has 0 fully saturated rings. The minimum absolute atomic E-state index is 0.258. The largest absolute Gasteiger partial charge is 0.289 e. The van der Waals surface area contributed by atoms with Gasteiger partial charge in [-0.05, 0) is 18.6 Å². The molecule has 0 saturated carbocycles. The normalized spacial score (nSPS) is 11.5. The zero-order valence-electron chi connectivity index (χ0n) is 7.15. The average Bonchev–Trinajstić information content (AvgIpc) is 2.01. The molecule has 0 N–H and O–H groups in total. The lowest BCUT2D eigenvalue weighted by molar-refractivity contribution is 0.0996. The highest BCUT2D eigenvalue weighted by atomic mass is 35.6. The fourth-order valence-corrected chi connectivity index (χ4v) is 1.65. The molecule has 0 spiro atoms. The first-order chi connectivity index (χ1) is 6.34. The number of halogens is 4. The quantitative estimate of drug-likeness (QED) is 0.553. The first kappa shape index (κ1) is 12.1. The summed E-state index contributed by atoms with van der Waals surface area (Å²) in [5.41, 5.74) is 0.947. The van der Waals surface area contributed by atoms with Gasteiger partial charge in [-0.2, -0.15) is 0 Å². The van der Waals surface area contributed by atoms with Crippen molar-refractivity contribution >= 4 is 52.2 Å². The van der Waals surface area contributed by atoms with Gasteiger partial charge in [-0.25, -0.2) is 0 Å². The number of aryl methyl sites for hydroxylation is 1. The number of rotatable bonds is 1. The summed E-state index contributed by atoms with van der Waals surface area (Å²) in [6.07, 6.45) is 0. The van der Waals surface area contributed by atoms with Crippen molar-refractivity contribution < 1.29 is 4.79 Å². The summed E-state index contributed by atoms with van der Waals surface area (Å²) in [7, 11) is 0. The minimum Gasteiger partial charge on any atom is -0.289 e. The first-order valence-corrected chi connectivity index (χ1v) is 5.22. The van der Waals surface area contributed by atoms with E-state index in [1.807, 2.05) is 0 Å². The molecule has 0 atom stereocenters. The van der Waals surface area contributed by atoms with Crippen LogP contribution < -0.4 is 0 Å². The van der Waals surface area contributed by atoms with Gasteiger partial charge in [0.05, 0.1) is 5.02 Å². The van der Waals surface area contributed by atoms with Gasteiger partial charge < -0.3 is 0 Å². The van der Waals surface area contributed by atoms with Crippen molar-refractivity contribution in [2.75, 3.05) is 0 Å². The first-order valence-electron chi connectivity index (χ1n) is 3.70. The third-order valence-corrected chi connectivity index (χ3v) is 2.54. The van der Waals surface area contributed by atoms with Gasteiger partial charge in [-0.1, -0.05) is 58.5 Å². The molecule has 0 heterocycles. The van der Waals surface area contributed by atoms with Gasteiger partial charge in [0, 0.05) is 5.56 Å². The third-order valence-electron chi connectivity index (χ3n) is 1.71. The Morgan fingerprint density at radius 2 is 1.86 bits per heavy atom. The molecule has 0 aliphatic carbocycles. The predicted octanol–water partition coefficient (Wildman–Crippen LogP) is 4.20. The summed E-state index contributed by atoms with van der Waals surface area (Å²) in [6, 6.07) is 5.04. The molecule has 1 aromatic carbocycles. The molecule has 0 saturated heterocycles. The highest BCUT2D eigenvalue weighted by Crippen LogP contribution is 2.34. The Labute approximate surface area is 102 Å². The summed E-state index contributed by atoms with van der Waals surface area (Å²) in [4.78, 5) is 11.6. The topological polar surface area (TPSA) is 17.1 Å². The van der Waals surface area contributed by atoms with Crippen LogP contribution in [0.2, 0.25) is 5.02 Å². The molecule has 1 aromatic rings. The maximum Gasteiger partial charge on any atom is 0.253 e.